The Morgan fingerprint density at radius 2 is 2.00 bits per heavy atom. The summed E-state index contributed by atoms with van der Waals surface area (Å²) in [6, 6.07) is 4.17. The van der Waals surface area contributed by atoms with Crippen LogP contribution in [-0.2, 0) is 4.79 Å². The van der Waals surface area contributed by atoms with Gasteiger partial charge in [0.25, 0.3) is 0 Å². The Labute approximate surface area is 150 Å². The molecule has 0 saturated heterocycles. The highest BCUT2D eigenvalue weighted by atomic mass is 16.5. The Kier molecular flexibility index (Phi) is 9.01. The number of hydrogen-bond acceptors (Lipinski definition) is 3. The van der Waals surface area contributed by atoms with Gasteiger partial charge in [0.2, 0.25) is 5.91 Å². The van der Waals surface area contributed by atoms with Gasteiger partial charge in [-0.15, -0.1) is 0 Å². The molecule has 1 aromatic rings. The van der Waals surface area contributed by atoms with Crippen molar-refractivity contribution in [3.05, 3.63) is 58.7 Å². The van der Waals surface area contributed by atoms with Crippen molar-refractivity contribution in [1.82, 2.24) is 0 Å². The van der Waals surface area contributed by atoms with Crippen molar-refractivity contribution in [1.29, 1.82) is 0 Å². The van der Waals surface area contributed by atoms with Crippen LogP contribution >= 0.6 is 0 Å². The van der Waals surface area contributed by atoms with Crippen LogP contribution in [0.5, 0.6) is 5.75 Å². The largest absolute Gasteiger partial charge is 0.496 e. The summed E-state index contributed by atoms with van der Waals surface area (Å²) in [6.45, 7) is 6.71. The molecule has 25 heavy (non-hydrogen) atoms. The molecule has 0 radical (unpaired) electrons. The number of aryl methyl sites for hydroxylation is 2. The number of methoxy groups -OCH3 is 1. The molecule has 2 N–H and O–H groups in total. The summed E-state index contributed by atoms with van der Waals surface area (Å²) < 4.78 is 5.40. The highest BCUT2D eigenvalue weighted by Gasteiger charge is 2.02. The number of amides is 1. The van der Waals surface area contributed by atoms with Crippen LogP contribution in [0.15, 0.2) is 47.0 Å². The first kappa shape index (κ1) is 20.4. The summed E-state index contributed by atoms with van der Waals surface area (Å²) in [6.07, 6.45) is 12.9. The van der Waals surface area contributed by atoms with Crippen molar-refractivity contribution in [2.24, 2.45) is 10.7 Å². The summed E-state index contributed by atoms with van der Waals surface area (Å²) in [5.74, 6) is 0.602. The molecule has 0 aliphatic rings. The number of carbonyl (C=O) groups excluding carboxylic acids is 1. The molecule has 1 aromatic carbocycles. The van der Waals surface area contributed by atoms with Gasteiger partial charge in [-0.1, -0.05) is 30.4 Å². The number of hydrogen-bond donors (Lipinski definition) is 1. The molecular weight excluding hydrogens is 312 g/mol. The van der Waals surface area contributed by atoms with Crippen LogP contribution < -0.4 is 10.5 Å². The summed E-state index contributed by atoms with van der Waals surface area (Å²) in [7, 11) is 1.69. The van der Waals surface area contributed by atoms with Gasteiger partial charge >= 0.3 is 0 Å². The fourth-order valence-electron chi connectivity index (χ4n) is 2.35. The summed E-state index contributed by atoms with van der Waals surface area (Å²) in [5.41, 5.74) is 9.60. The lowest BCUT2D eigenvalue weighted by atomic mass is 10.0. The van der Waals surface area contributed by atoms with Crippen LogP contribution in [-0.4, -0.2) is 25.8 Å². The van der Waals surface area contributed by atoms with E-state index in [1.54, 1.807) is 13.3 Å². The average molecular weight is 340 g/mol. The molecule has 0 aromatic heterocycles. The predicted octanol–water partition coefficient (Wildman–Crippen LogP) is 4.16. The minimum Gasteiger partial charge on any atom is -0.496 e. The smallest absolute Gasteiger partial charge is 0.217 e. The van der Waals surface area contributed by atoms with E-state index in [1.165, 1.54) is 5.56 Å². The standard InChI is InChI=1S/C21H28N2O2/c1-5-7-18(11-13-23-12-6-8-21(22)24)9-10-19-15-20(25-4)17(3)14-16(19)2/h5,7,9-11,13-15H,6,8,12H2,1-4H3,(H2,22,24)/b7-5-,10-9+,18-11+,23-13?. The molecule has 0 aliphatic carbocycles. The number of carbonyl (C=O) groups is 1. The number of allylic oxidation sites excluding steroid dienone is 5. The third kappa shape index (κ3) is 7.66. The first-order valence-corrected chi connectivity index (χ1v) is 8.42. The molecular formula is C21H28N2O2. The normalized spacial score (nSPS) is 12.6. The van der Waals surface area contributed by atoms with Crippen molar-refractivity contribution in [3.63, 3.8) is 0 Å². The summed E-state index contributed by atoms with van der Waals surface area (Å²) in [4.78, 5) is 15.0. The van der Waals surface area contributed by atoms with Crippen molar-refractivity contribution < 1.29 is 9.53 Å². The van der Waals surface area contributed by atoms with E-state index in [9.17, 15) is 4.79 Å². The van der Waals surface area contributed by atoms with E-state index in [4.69, 9.17) is 10.5 Å². The van der Waals surface area contributed by atoms with Gasteiger partial charge in [0, 0.05) is 19.2 Å². The van der Waals surface area contributed by atoms with E-state index in [0.29, 0.717) is 19.4 Å². The van der Waals surface area contributed by atoms with Gasteiger partial charge in [-0.05, 0) is 61.6 Å². The molecule has 0 bridgehead atoms. The molecule has 0 atom stereocenters. The van der Waals surface area contributed by atoms with E-state index in [-0.39, 0.29) is 5.91 Å². The second kappa shape index (κ2) is 11.0. The molecule has 0 saturated carbocycles. The van der Waals surface area contributed by atoms with E-state index < -0.39 is 0 Å². The van der Waals surface area contributed by atoms with Crippen LogP contribution in [0.1, 0.15) is 36.5 Å². The zero-order chi connectivity index (χ0) is 18.7. The Bertz CT molecular complexity index is 698. The van der Waals surface area contributed by atoms with Gasteiger partial charge in [-0.2, -0.15) is 0 Å². The van der Waals surface area contributed by atoms with Crippen molar-refractivity contribution in [2.45, 2.75) is 33.6 Å². The molecule has 0 spiro atoms. The number of rotatable bonds is 9. The second-order valence-corrected chi connectivity index (χ2v) is 5.80. The van der Waals surface area contributed by atoms with Gasteiger partial charge in [-0.3, -0.25) is 9.79 Å². The maximum atomic E-state index is 10.7. The van der Waals surface area contributed by atoms with Crippen molar-refractivity contribution in [2.75, 3.05) is 13.7 Å². The SMILES string of the molecule is C\C=C/C(/C=C/c1cc(OC)c(C)cc1C)=C\C=NCCCC(N)=O. The Hall–Kier alpha value is -2.62. The Morgan fingerprint density at radius 3 is 2.64 bits per heavy atom. The quantitative estimate of drug-likeness (QED) is 0.417. The Balaban J connectivity index is 2.83. The van der Waals surface area contributed by atoms with Gasteiger partial charge in [0.1, 0.15) is 5.75 Å². The maximum Gasteiger partial charge on any atom is 0.217 e. The molecule has 4 nitrogen and oxygen atoms in total. The second-order valence-electron chi connectivity index (χ2n) is 5.80. The monoisotopic (exact) mass is 340 g/mol. The van der Waals surface area contributed by atoms with Gasteiger partial charge in [0.15, 0.2) is 0 Å². The van der Waals surface area contributed by atoms with Crippen LogP contribution in [0.2, 0.25) is 0 Å². The first-order chi connectivity index (χ1) is 12.0. The topological polar surface area (TPSA) is 64.7 Å². The zero-order valence-corrected chi connectivity index (χ0v) is 15.6. The number of nitrogens with two attached hydrogens (primary N) is 1. The molecule has 0 heterocycles. The highest BCUT2D eigenvalue weighted by molar-refractivity contribution is 5.75. The third-order valence-corrected chi connectivity index (χ3v) is 3.68. The number of benzene rings is 1. The molecule has 1 amide bonds. The number of aliphatic imine (C=N–C) groups is 1. The fraction of sp³-hybridized carbons (Fsp3) is 0.333. The molecule has 134 valence electrons. The fourth-order valence-corrected chi connectivity index (χ4v) is 2.35. The summed E-state index contributed by atoms with van der Waals surface area (Å²) >= 11 is 0. The number of primary amides is 1. The average Bonchev–Trinajstić information content (AvgIpc) is 2.56. The van der Waals surface area contributed by atoms with Crippen molar-refractivity contribution in [3.8, 4) is 5.75 Å². The number of nitrogens with zero attached hydrogens (tertiary/aromatic N) is 1. The van der Waals surface area contributed by atoms with Crippen LogP contribution in [0.3, 0.4) is 0 Å². The zero-order valence-electron chi connectivity index (χ0n) is 15.6. The van der Waals surface area contributed by atoms with Crippen LogP contribution in [0.4, 0.5) is 0 Å². The molecule has 1 rings (SSSR count). The number of ether oxygens (including phenoxy) is 1. The first-order valence-electron chi connectivity index (χ1n) is 8.42. The molecule has 0 fully saturated rings. The molecule has 4 heteroatoms. The lowest BCUT2D eigenvalue weighted by molar-refractivity contribution is -0.118. The highest BCUT2D eigenvalue weighted by Crippen LogP contribution is 2.23. The van der Waals surface area contributed by atoms with E-state index >= 15 is 0 Å². The minimum atomic E-state index is -0.285. The van der Waals surface area contributed by atoms with E-state index in [0.717, 1.165) is 22.4 Å². The third-order valence-electron chi connectivity index (χ3n) is 3.68. The van der Waals surface area contributed by atoms with Gasteiger partial charge in [0.05, 0.1) is 7.11 Å². The van der Waals surface area contributed by atoms with Crippen LogP contribution in [0.25, 0.3) is 6.08 Å². The molecule has 0 unspecified atom stereocenters. The lowest BCUT2D eigenvalue weighted by Crippen LogP contribution is -2.10. The van der Waals surface area contributed by atoms with Crippen molar-refractivity contribution >= 4 is 18.2 Å². The van der Waals surface area contributed by atoms with Gasteiger partial charge < -0.3 is 10.5 Å². The van der Waals surface area contributed by atoms with E-state index in [1.807, 2.05) is 44.2 Å². The summed E-state index contributed by atoms with van der Waals surface area (Å²) in [5, 5.41) is 0. The minimum absolute atomic E-state index is 0.285. The Morgan fingerprint density at radius 1 is 1.24 bits per heavy atom. The lowest BCUT2D eigenvalue weighted by Gasteiger charge is -2.08. The maximum absolute atomic E-state index is 10.7. The predicted molar refractivity (Wildman–Crippen MR) is 106 cm³/mol. The van der Waals surface area contributed by atoms with E-state index in [2.05, 4.69) is 24.1 Å². The molecule has 0 aliphatic heterocycles. The van der Waals surface area contributed by atoms with Crippen LogP contribution in [0, 0.1) is 13.8 Å². The van der Waals surface area contributed by atoms with Gasteiger partial charge in [-0.25, -0.2) is 0 Å².